The Kier molecular flexibility index (Phi) is 6.35. The zero-order valence-electron chi connectivity index (χ0n) is 18.3. The van der Waals surface area contributed by atoms with Crippen LogP contribution in [-0.2, 0) is 11.3 Å². The van der Waals surface area contributed by atoms with Crippen molar-refractivity contribution in [2.75, 3.05) is 18.0 Å². The maximum atomic E-state index is 12.6. The number of anilines is 1. The number of hydrogen-bond acceptors (Lipinski definition) is 4. The van der Waals surface area contributed by atoms with Gasteiger partial charge in [-0.25, -0.2) is 4.98 Å². The normalized spacial score (nSPS) is 15.7. The molecule has 1 aliphatic rings. The van der Waals surface area contributed by atoms with E-state index in [9.17, 15) is 9.59 Å². The summed E-state index contributed by atoms with van der Waals surface area (Å²) in [6, 6.07) is 15.6. The van der Waals surface area contributed by atoms with Crippen LogP contribution in [-0.4, -0.2) is 28.5 Å². The first-order valence-corrected chi connectivity index (χ1v) is 11.1. The number of hydrogen-bond donors (Lipinski definition) is 1. The predicted octanol–water partition coefficient (Wildman–Crippen LogP) is 3.90. The average molecular weight is 419 g/mol. The van der Waals surface area contributed by atoms with Crippen LogP contribution in [0.15, 0.2) is 59.7 Å². The molecule has 1 fully saturated rings. The molecule has 0 bridgehead atoms. The van der Waals surface area contributed by atoms with Gasteiger partial charge in [-0.2, -0.15) is 0 Å². The molecule has 1 unspecified atom stereocenters. The van der Waals surface area contributed by atoms with E-state index in [1.807, 2.05) is 25.1 Å². The minimum Gasteiger partial charge on any atom is -0.372 e. The first-order valence-electron chi connectivity index (χ1n) is 11.1. The number of aromatic nitrogens is 2. The summed E-state index contributed by atoms with van der Waals surface area (Å²) in [5, 5.41) is 3.61. The van der Waals surface area contributed by atoms with Gasteiger partial charge in [-0.1, -0.05) is 31.2 Å². The van der Waals surface area contributed by atoms with E-state index >= 15 is 0 Å². The maximum Gasteiger partial charge on any atom is 0.261 e. The van der Waals surface area contributed by atoms with Gasteiger partial charge in [-0.15, -0.1) is 0 Å². The molecular weight excluding hydrogens is 388 g/mol. The molecule has 0 aliphatic carbocycles. The fourth-order valence-electron chi connectivity index (χ4n) is 4.12. The van der Waals surface area contributed by atoms with Crippen molar-refractivity contribution in [3.05, 3.63) is 70.8 Å². The highest BCUT2D eigenvalue weighted by molar-refractivity contribution is 5.77. The van der Waals surface area contributed by atoms with Gasteiger partial charge in [0.2, 0.25) is 5.91 Å². The highest BCUT2D eigenvalue weighted by Gasteiger charge is 2.16. The molecule has 1 aliphatic heterocycles. The minimum atomic E-state index is -0.117. The van der Waals surface area contributed by atoms with E-state index < -0.39 is 0 Å². The molecule has 3 aromatic rings. The second kappa shape index (κ2) is 9.33. The Morgan fingerprint density at radius 1 is 1.13 bits per heavy atom. The molecule has 6 nitrogen and oxygen atoms in total. The molecule has 2 heterocycles. The number of rotatable bonds is 6. The molecule has 1 atom stereocenters. The van der Waals surface area contributed by atoms with E-state index in [-0.39, 0.29) is 23.9 Å². The fraction of sp³-hybridized carbons (Fsp3) is 0.400. The molecule has 0 spiro atoms. The summed E-state index contributed by atoms with van der Waals surface area (Å²) in [4.78, 5) is 31.8. The van der Waals surface area contributed by atoms with Gasteiger partial charge in [0.15, 0.2) is 0 Å². The van der Waals surface area contributed by atoms with Crippen molar-refractivity contribution in [2.45, 2.75) is 45.7 Å². The van der Waals surface area contributed by atoms with Crippen LogP contribution in [0.3, 0.4) is 0 Å². The summed E-state index contributed by atoms with van der Waals surface area (Å²) in [5.74, 6) is 0.730. The van der Waals surface area contributed by atoms with Crippen molar-refractivity contribution >= 4 is 22.5 Å². The van der Waals surface area contributed by atoms with Gasteiger partial charge >= 0.3 is 0 Å². The second-order valence-corrected chi connectivity index (χ2v) is 8.56. The lowest BCUT2D eigenvalue weighted by molar-refractivity contribution is -0.121. The number of piperidine rings is 1. The summed E-state index contributed by atoms with van der Waals surface area (Å²) < 4.78 is 1.50. The Bertz CT molecular complexity index is 1100. The summed E-state index contributed by atoms with van der Waals surface area (Å²) in [6.07, 6.45) is 4.23. The molecule has 4 rings (SSSR count). The van der Waals surface area contributed by atoms with Gasteiger partial charge in [0.05, 0.1) is 23.3 Å². The minimum absolute atomic E-state index is 0.0818. The van der Waals surface area contributed by atoms with Crippen LogP contribution in [0.25, 0.3) is 10.9 Å². The van der Waals surface area contributed by atoms with Crippen molar-refractivity contribution in [1.29, 1.82) is 0 Å². The van der Waals surface area contributed by atoms with Gasteiger partial charge in [0.25, 0.3) is 5.56 Å². The van der Waals surface area contributed by atoms with E-state index in [2.05, 4.69) is 46.4 Å². The van der Waals surface area contributed by atoms with Gasteiger partial charge in [0, 0.05) is 31.7 Å². The summed E-state index contributed by atoms with van der Waals surface area (Å²) in [5.41, 5.74) is 2.88. The number of carbonyl (C=O) groups is 1. The number of amides is 1. The molecule has 1 amide bonds. The largest absolute Gasteiger partial charge is 0.372 e. The third-order valence-corrected chi connectivity index (χ3v) is 6.23. The first-order chi connectivity index (χ1) is 15.0. The van der Waals surface area contributed by atoms with Crippen LogP contribution in [0.5, 0.6) is 0 Å². The first kappa shape index (κ1) is 21.1. The highest BCUT2D eigenvalue weighted by atomic mass is 16.2. The third kappa shape index (κ3) is 4.95. The topological polar surface area (TPSA) is 67.2 Å². The van der Waals surface area contributed by atoms with Crippen LogP contribution in [0, 0.1) is 5.92 Å². The van der Waals surface area contributed by atoms with Crippen LogP contribution in [0.1, 0.15) is 44.7 Å². The summed E-state index contributed by atoms with van der Waals surface area (Å²) in [6.45, 7) is 6.82. The number of nitrogens with one attached hydrogen (secondary N) is 1. The Balaban J connectivity index is 1.32. The SMILES string of the molecule is CC1CCN(c2ccc(C(C)NC(=O)CCn3cnc4ccccc4c3=O)cc2)CC1. The Labute approximate surface area is 182 Å². The Morgan fingerprint density at radius 3 is 2.58 bits per heavy atom. The van der Waals surface area contributed by atoms with Crippen molar-refractivity contribution in [3.8, 4) is 0 Å². The molecule has 162 valence electrons. The third-order valence-electron chi connectivity index (χ3n) is 6.23. The van der Waals surface area contributed by atoms with E-state index in [4.69, 9.17) is 0 Å². The van der Waals surface area contributed by atoms with Crippen LogP contribution in [0.2, 0.25) is 0 Å². The quantitative estimate of drug-likeness (QED) is 0.659. The average Bonchev–Trinajstić information content (AvgIpc) is 2.79. The van der Waals surface area contributed by atoms with Crippen LogP contribution in [0.4, 0.5) is 5.69 Å². The fourth-order valence-corrected chi connectivity index (χ4v) is 4.12. The van der Waals surface area contributed by atoms with Crippen molar-refractivity contribution in [1.82, 2.24) is 14.9 Å². The number of fused-ring (bicyclic) bond motifs is 1. The monoisotopic (exact) mass is 418 g/mol. The van der Waals surface area contributed by atoms with Crippen molar-refractivity contribution in [3.63, 3.8) is 0 Å². The van der Waals surface area contributed by atoms with Crippen LogP contribution >= 0.6 is 0 Å². The van der Waals surface area contributed by atoms with E-state index in [1.54, 1.807) is 6.07 Å². The molecular formula is C25H30N4O2. The summed E-state index contributed by atoms with van der Waals surface area (Å²) in [7, 11) is 0. The molecule has 0 saturated carbocycles. The molecule has 0 radical (unpaired) electrons. The van der Waals surface area contributed by atoms with Gasteiger partial charge < -0.3 is 10.2 Å². The van der Waals surface area contributed by atoms with Gasteiger partial charge in [0.1, 0.15) is 0 Å². The van der Waals surface area contributed by atoms with Crippen molar-refractivity contribution < 1.29 is 4.79 Å². The molecule has 1 saturated heterocycles. The smallest absolute Gasteiger partial charge is 0.261 e. The van der Waals surface area contributed by atoms with Crippen LogP contribution < -0.4 is 15.8 Å². The van der Waals surface area contributed by atoms with E-state index in [1.165, 1.54) is 29.4 Å². The predicted molar refractivity (Wildman–Crippen MR) is 124 cm³/mol. The zero-order chi connectivity index (χ0) is 21.8. The number of para-hydroxylation sites is 1. The lowest BCUT2D eigenvalue weighted by Gasteiger charge is -2.32. The number of aryl methyl sites for hydroxylation is 1. The van der Waals surface area contributed by atoms with Crippen molar-refractivity contribution in [2.24, 2.45) is 5.92 Å². The summed E-state index contributed by atoms with van der Waals surface area (Å²) >= 11 is 0. The molecule has 1 N–H and O–H groups in total. The number of nitrogens with zero attached hydrogens (tertiary/aromatic N) is 3. The number of carbonyl (C=O) groups excluding carboxylic acids is 1. The Morgan fingerprint density at radius 2 is 1.84 bits per heavy atom. The zero-order valence-corrected chi connectivity index (χ0v) is 18.3. The van der Waals surface area contributed by atoms with E-state index in [0.717, 1.165) is 24.6 Å². The lowest BCUT2D eigenvalue weighted by Crippen LogP contribution is -2.32. The molecule has 2 aromatic carbocycles. The maximum absolute atomic E-state index is 12.6. The van der Waals surface area contributed by atoms with Gasteiger partial charge in [-0.3, -0.25) is 14.2 Å². The lowest BCUT2D eigenvalue weighted by atomic mass is 9.98. The second-order valence-electron chi connectivity index (χ2n) is 8.56. The van der Waals surface area contributed by atoms with Gasteiger partial charge in [-0.05, 0) is 55.5 Å². The number of benzene rings is 2. The Hall–Kier alpha value is -3.15. The van der Waals surface area contributed by atoms with E-state index in [0.29, 0.717) is 17.4 Å². The molecule has 1 aromatic heterocycles. The highest BCUT2D eigenvalue weighted by Crippen LogP contribution is 2.24. The molecule has 6 heteroatoms. The standard InChI is InChI=1S/C25H30N4O2/c1-18-11-14-28(15-12-18)21-9-7-20(8-10-21)19(2)27-24(30)13-16-29-17-26-23-6-4-3-5-22(23)25(29)31/h3-10,17-19H,11-16H2,1-2H3,(H,27,30). The molecule has 31 heavy (non-hydrogen) atoms.